The molecule has 192 valence electrons. The summed E-state index contributed by atoms with van der Waals surface area (Å²) >= 11 is 0. The second-order valence-corrected chi connectivity index (χ2v) is 8.92. The highest BCUT2D eigenvalue weighted by Crippen LogP contribution is 2.22. The van der Waals surface area contributed by atoms with Crippen LogP contribution in [0.25, 0.3) is 17.2 Å². The molecule has 0 spiro atoms. The summed E-state index contributed by atoms with van der Waals surface area (Å²) in [5.41, 5.74) is 4.16. The fourth-order valence-corrected chi connectivity index (χ4v) is 3.87. The largest absolute Gasteiger partial charge is 0.344 e. The van der Waals surface area contributed by atoms with Crippen molar-refractivity contribution in [3.05, 3.63) is 89.1 Å². The van der Waals surface area contributed by atoms with Gasteiger partial charge in [0.15, 0.2) is 23.3 Å². The number of nitrogens with one attached hydrogen (secondary N) is 3. The van der Waals surface area contributed by atoms with Crippen LogP contribution in [-0.2, 0) is 0 Å². The third-order valence-corrected chi connectivity index (χ3v) is 5.77. The molecule has 38 heavy (non-hydrogen) atoms. The Labute approximate surface area is 217 Å². The van der Waals surface area contributed by atoms with Gasteiger partial charge in [0, 0.05) is 41.5 Å². The average Bonchev–Trinajstić information content (AvgIpc) is 3.51. The molecular formula is C26H25FN10O. The Hall–Kier alpha value is -5.00. The van der Waals surface area contributed by atoms with E-state index in [0.29, 0.717) is 40.1 Å². The lowest BCUT2D eigenvalue weighted by atomic mass is 10.1. The van der Waals surface area contributed by atoms with E-state index >= 15 is 0 Å². The number of amides is 1. The molecule has 0 bridgehead atoms. The van der Waals surface area contributed by atoms with Crippen LogP contribution in [0.2, 0.25) is 0 Å². The van der Waals surface area contributed by atoms with Crippen LogP contribution in [0.4, 0.5) is 16.0 Å². The highest BCUT2D eigenvalue weighted by Gasteiger charge is 2.17. The topological polar surface area (TPSA) is 139 Å². The van der Waals surface area contributed by atoms with Crippen molar-refractivity contribution >= 4 is 17.5 Å². The molecule has 0 aliphatic carbocycles. The molecule has 3 N–H and O–H groups in total. The van der Waals surface area contributed by atoms with Crippen molar-refractivity contribution in [3.8, 4) is 17.2 Å². The number of hydrogen-bond donors (Lipinski definition) is 3. The average molecular weight is 513 g/mol. The van der Waals surface area contributed by atoms with E-state index in [4.69, 9.17) is 0 Å². The molecule has 0 saturated carbocycles. The summed E-state index contributed by atoms with van der Waals surface area (Å²) in [6.45, 7) is 7.46. The van der Waals surface area contributed by atoms with Crippen molar-refractivity contribution in [2.24, 2.45) is 0 Å². The quantitative estimate of drug-likeness (QED) is 0.296. The Balaban J connectivity index is 1.29. The lowest BCUT2D eigenvalue weighted by Gasteiger charge is -2.15. The van der Waals surface area contributed by atoms with Gasteiger partial charge in [-0.25, -0.2) is 24.0 Å². The smallest absolute Gasteiger partial charge is 0.270 e. The van der Waals surface area contributed by atoms with Gasteiger partial charge in [-0.15, -0.1) is 0 Å². The number of pyridine rings is 2. The van der Waals surface area contributed by atoms with Crippen LogP contribution in [0.3, 0.4) is 0 Å². The van der Waals surface area contributed by atoms with Gasteiger partial charge >= 0.3 is 0 Å². The number of aromatic nitrogens is 8. The number of rotatable bonds is 7. The Morgan fingerprint density at radius 3 is 2.53 bits per heavy atom. The number of aromatic amines is 1. The van der Waals surface area contributed by atoms with Crippen molar-refractivity contribution in [1.29, 1.82) is 0 Å². The summed E-state index contributed by atoms with van der Waals surface area (Å²) < 4.78 is 14.6. The molecule has 11 nitrogen and oxygen atoms in total. The van der Waals surface area contributed by atoms with Gasteiger partial charge in [0.2, 0.25) is 0 Å². The Kier molecular flexibility index (Phi) is 6.60. The van der Waals surface area contributed by atoms with Crippen molar-refractivity contribution in [2.45, 2.75) is 33.7 Å². The van der Waals surface area contributed by atoms with E-state index in [9.17, 15) is 9.18 Å². The van der Waals surface area contributed by atoms with Crippen LogP contribution < -0.4 is 10.6 Å². The number of aryl methyl sites for hydroxylation is 3. The third kappa shape index (κ3) is 5.38. The lowest BCUT2D eigenvalue weighted by Crippen LogP contribution is -2.28. The second-order valence-electron chi connectivity index (χ2n) is 8.92. The minimum atomic E-state index is -0.444. The molecule has 5 rings (SSSR count). The molecule has 5 aromatic heterocycles. The molecule has 0 fully saturated rings. The first-order valence-electron chi connectivity index (χ1n) is 11.8. The summed E-state index contributed by atoms with van der Waals surface area (Å²) in [7, 11) is 0. The Morgan fingerprint density at radius 2 is 1.87 bits per heavy atom. The molecule has 1 unspecified atom stereocenters. The second kappa shape index (κ2) is 10.2. The zero-order chi connectivity index (χ0) is 26.8. The van der Waals surface area contributed by atoms with Crippen LogP contribution in [0, 0.1) is 26.6 Å². The summed E-state index contributed by atoms with van der Waals surface area (Å²) in [5.74, 6) is 1.45. The fourth-order valence-electron chi connectivity index (χ4n) is 3.87. The van der Waals surface area contributed by atoms with E-state index in [0.717, 1.165) is 23.1 Å². The summed E-state index contributed by atoms with van der Waals surface area (Å²) in [6, 6.07) is 8.72. The van der Waals surface area contributed by atoms with Gasteiger partial charge < -0.3 is 10.6 Å². The van der Waals surface area contributed by atoms with Crippen molar-refractivity contribution in [2.75, 3.05) is 5.32 Å². The molecule has 0 radical (unpaired) electrons. The monoisotopic (exact) mass is 512 g/mol. The first kappa shape index (κ1) is 24.7. The lowest BCUT2D eigenvalue weighted by molar-refractivity contribution is 0.0934. The molecule has 0 aromatic carbocycles. The maximum Gasteiger partial charge on any atom is 0.270 e. The van der Waals surface area contributed by atoms with Gasteiger partial charge in [-0.1, -0.05) is 6.07 Å². The number of nitrogens with zero attached hydrogens (tertiary/aromatic N) is 7. The van der Waals surface area contributed by atoms with Gasteiger partial charge in [-0.05, 0) is 51.0 Å². The Bertz CT molecular complexity index is 1610. The predicted molar refractivity (Wildman–Crippen MR) is 139 cm³/mol. The maximum atomic E-state index is 13.2. The standard InChI is InChI=1S/C26H25FN10O/c1-14-7-19(25-31-15(2)8-21(34-25)33-22-9-16(3)35-36-22)11-29-24(14)26(38)32-17(4)18-5-6-23(28-10-18)37-13-20(27)12-30-37/h5-13,17H,1-4H3,(H,32,38)(H2,31,33,34,35,36). The molecule has 12 heteroatoms. The van der Waals surface area contributed by atoms with E-state index in [-0.39, 0.29) is 11.9 Å². The predicted octanol–water partition coefficient (Wildman–Crippen LogP) is 4.14. The van der Waals surface area contributed by atoms with Gasteiger partial charge in [-0.2, -0.15) is 10.2 Å². The zero-order valence-electron chi connectivity index (χ0n) is 21.2. The summed E-state index contributed by atoms with van der Waals surface area (Å²) in [6.07, 6.45) is 5.56. The van der Waals surface area contributed by atoms with Crippen LogP contribution in [0.15, 0.2) is 55.1 Å². The van der Waals surface area contributed by atoms with Crippen LogP contribution in [-0.4, -0.2) is 45.8 Å². The van der Waals surface area contributed by atoms with Gasteiger partial charge in [0.05, 0.1) is 18.4 Å². The maximum absolute atomic E-state index is 13.2. The number of halogens is 1. The first-order chi connectivity index (χ1) is 18.2. The number of hydrogen-bond acceptors (Lipinski definition) is 8. The molecule has 0 saturated heterocycles. The number of carbonyl (C=O) groups is 1. The van der Waals surface area contributed by atoms with E-state index in [1.54, 1.807) is 24.5 Å². The van der Waals surface area contributed by atoms with Crippen molar-refractivity contribution in [1.82, 2.24) is 45.2 Å². The molecule has 1 atom stereocenters. The summed E-state index contributed by atoms with van der Waals surface area (Å²) in [4.78, 5) is 30.8. The van der Waals surface area contributed by atoms with E-state index < -0.39 is 5.82 Å². The molecule has 1 amide bonds. The molecule has 5 heterocycles. The van der Waals surface area contributed by atoms with E-state index in [1.165, 1.54) is 10.9 Å². The van der Waals surface area contributed by atoms with Gasteiger partial charge in [0.25, 0.3) is 5.91 Å². The van der Waals surface area contributed by atoms with Crippen LogP contribution in [0.1, 0.15) is 46.0 Å². The van der Waals surface area contributed by atoms with Crippen molar-refractivity contribution < 1.29 is 9.18 Å². The fraction of sp³-hybridized carbons (Fsp3) is 0.192. The molecule has 0 aliphatic rings. The molecular weight excluding hydrogens is 487 g/mol. The van der Waals surface area contributed by atoms with Gasteiger partial charge in [-0.3, -0.25) is 14.9 Å². The van der Waals surface area contributed by atoms with E-state index in [1.807, 2.05) is 45.9 Å². The number of carbonyl (C=O) groups excluding carboxylic acids is 1. The highest BCUT2D eigenvalue weighted by atomic mass is 19.1. The van der Waals surface area contributed by atoms with E-state index in [2.05, 4.69) is 45.9 Å². The third-order valence-electron chi connectivity index (χ3n) is 5.77. The molecule has 0 aliphatic heterocycles. The number of H-pyrrole nitrogens is 1. The SMILES string of the molecule is Cc1cc(Nc2cc(C)[nH]n2)nc(-c2cnc(C(=O)NC(C)c3ccc(-n4cc(F)cn4)nc3)c(C)c2)n1. The van der Waals surface area contributed by atoms with Crippen molar-refractivity contribution in [3.63, 3.8) is 0 Å². The minimum absolute atomic E-state index is 0.301. The van der Waals surface area contributed by atoms with Crippen LogP contribution in [0.5, 0.6) is 0 Å². The minimum Gasteiger partial charge on any atom is -0.344 e. The van der Waals surface area contributed by atoms with Gasteiger partial charge in [0.1, 0.15) is 11.5 Å². The number of anilines is 2. The Morgan fingerprint density at radius 1 is 1.03 bits per heavy atom. The zero-order valence-corrected chi connectivity index (χ0v) is 21.2. The first-order valence-corrected chi connectivity index (χ1v) is 11.8. The molecule has 5 aromatic rings. The van der Waals surface area contributed by atoms with Crippen LogP contribution >= 0.6 is 0 Å². The normalized spacial score (nSPS) is 11.8. The summed E-state index contributed by atoms with van der Waals surface area (Å²) in [5, 5.41) is 17.1. The highest BCUT2D eigenvalue weighted by molar-refractivity contribution is 5.94.